The van der Waals surface area contributed by atoms with E-state index in [1.54, 1.807) is 0 Å². The van der Waals surface area contributed by atoms with Crippen molar-refractivity contribution < 1.29 is 0 Å². The third kappa shape index (κ3) is 3.93. The molecule has 3 nitrogen and oxygen atoms in total. The van der Waals surface area contributed by atoms with Crippen molar-refractivity contribution in [2.45, 2.75) is 46.6 Å². The first kappa shape index (κ1) is 15.3. The summed E-state index contributed by atoms with van der Waals surface area (Å²) in [6, 6.07) is 0. The number of nitrogens with zero attached hydrogens (tertiary/aromatic N) is 2. The molecule has 2 heterocycles. The van der Waals surface area contributed by atoms with Crippen LogP contribution in [0.15, 0.2) is 0 Å². The Labute approximate surface area is 119 Å². The highest BCUT2D eigenvalue weighted by Crippen LogP contribution is 2.34. The van der Waals surface area contributed by atoms with Crippen LogP contribution in [-0.4, -0.2) is 61.2 Å². The highest BCUT2D eigenvalue weighted by atomic mass is 15.3. The molecule has 0 aliphatic carbocycles. The molecule has 2 saturated heterocycles. The minimum atomic E-state index is 0.314. The van der Waals surface area contributed by atoms with Gasteiger partial charge in [-0.25, -0.2) is 0 Å². The molecular formula is C16H33N3. The van der Waals surface area contributed by atoms with Crippen LogP contribution in [0.2, 0.25) is 0 Å². The van der Waals surface area contributed by atoms with Crippen LogP contribution in [-0.2, 0) is 0 Å². The largest absolute Gasteiger partial charge is 0.314 e. The first-order chi connectivity index (χ1) is 8.79. The van der Waals surface area contributed by atoms with E-state index in [9.17, 15) is 0 Å². The first-order valence-corrected chi connectivity index (χ1v) is 7.97. The van der Waals surface area contributed by atoms with E-state index in [1.807, 2.05) is 0 Å². The van der Waals surface area contributed by atoms with Gasteiger partial charge in [0.2, 0.25) is 0 Å². The van der Waals surface area contributed by atoms with Gasteiger partial charge in [0.05, 0.1) is 0 Å². The summed E-state index contributed by atoms with van der Waals surface area (Å²) in [5.41, 5.74) is 0.781. The molecule has 19 heavy (non-hydrogen) atoms. The van der Waals surface area contributed by atoms with E-state index >= 15 is 0 Å². The number of nitrogens with one attached hydrogen (secondary N) is 1. The fraction of sp³-hybridized carbons (Fsp3) is 1.00. The Morgan fingerprint density at radius 2 is 1.63 bits per heavy atom. The van der Waals surface area contributed by atoms with Crippen LogP contribution < -0.4 is 5.32 Å². The van der Waals surface area contributed by atoms with Gasteiger partial charge < -0.3 is 10.2 Å². The molecule has 0 saturated carbocycles. The van der Waals surface area contributed by atoms with Crippen LogP contribution in [0.3, 0.4) is 0 Å². The summed E-state index contributed by atoms with van der Waals surface area (Å²) in [6.45, 7) is 20.5. The number of hydrogen-bond donors (Lipinski definition) is 1. The van der Waals surface area contributed by atoms with Crippen LogP contribution in [0.25, 0.3) is 0 Å². The molecule has 0 aromatic rings. The van der Waals surface area contributed by atoms with Crippen molar-refractivity contribution in [1.29, 1.82) is 0 Å². The summed E-state index contributed by atoms with van der Waals surface area (Å²) in [4.78, 5) is 5.35. The minimum Gasteiger partial charge on any atom is -0.314 e. The maximum atomic E-state index is 3.45. The highest BCUT2D eigenvalue weighted by Gasteiger charge is 2.36. The second-order valence-corrected chi connectivity index (χ2v) is 8.14. The van der Waals surface area contributed by atoms with Gasteiger partial charge in [0.1, 0.15) is 0 Å². The van der Waals surface area contributed by atoms with Crippen LogP contribution >= 0.6 is 0 Å². The van der Waals surface area contributed by atoms with E-state index in [4.69, 9.17) is 0 Å². The number of rotatable bonds is 3. The van der Waals surface area contributed by atoms with Gasteiger partial charge in [-0.15, -0.1) is 0 Å². The number of hydrogen-bond acceptors (Lipinski definition) is 3. The third-order valence-corrected chi connectivity index (χ3v) is 5.08. The zero-order valence-electron chi connectivity index (χ0n) is 13.6. The van der Waals surface area contributed by atoms with Gasteiger partial charge in [-0.3, -0.25) is 4.90 Å². The predicted molar refractivity (Wildman–Crippen MR) is 82.5 cm³/mol. The van der Waals surface area contributed by atoms with Crippen molar-refractivity contribution in [1.82, 2.24) is 15.1 Å². The molecule has 0 amide bonds. The molecule has 112 valence electrons. The quantitative estimate of drug-likeness (QED) is 0.844. The van der Waals surface area contributed by atoms with Crippen molar-refractivity contribution in [3.63, 3.8) is 0 Å². The van der Waals surface area contributed by atoms with Crippen LogP contribution in [0.1, 0.15) is 41.0 Å². The molecule has 1 atom stereocenters. The molecule has 2 fully saturated rings. The lowest BCUT2D eigenvalue weighted by Crippen LogP contribution is -2.57. The summed E-state index contributed by atoms with van der Waals surface area (Å²) < 4.78 is 0. The molecule has 1 N–H and O–H groups in total. The van der Waals surface area contributed by atoms with Gasteiger partial charge in [-0.2, -0.15) is 0 Å². The summed E-state index contributed by atoms with van der Waals surface area (Å²) >= 11 is 0. The molecule has 3 heteroatoms. The molecule has 0 spiro atoms. The van der Waals surface area contributed by atoms with Gasteiger partial charge in [0.15, 0.2) is 0 Å². The zero-order valence-corrected chi connectivity index (χ0v) is 13.6. The fourth-order valence-corrected chi connectivity index (χ4v) is 3.60. The first-order valence-electron chi connectivity index (χ1n) is 7.97. The van der Waals surface area contributed by atoms with E-state index < -0.39 is 0 Å². The summed E-state index contributed by atoms with van der Waals surface area (Å²) in [6.07, 6.45) is 1.38. The molecule has 0 radical (unpaired) electrons. The van der Waals surface area contributed by atoms with Crippen molar-refractivity contribution in [2.24, 2.45) is 11.3 Å². The normalized spacial score (nSPS) is 27.9. The van der Waals surface area contributed by atoms with E-state index in [-0.39, 0.29) is 0 Å². The molecule has 0 bridgehead atoms. The topological polar surface area (TPSA) is 18.5 Å². The summed E-state index contributed by atoms with van der Waals surface area (Å²) in [7, 11) is 0. The van der Waals surface area contributed by atoms with Crippen molar-refractivity contribution in [3.05, 3.63) is 0 Å². The Bertz CT molecular complexity index is 287. The molecule has 2 rings (SSSR count). The molecule has 0 aromatic carbocycles. The standard InChI is InChI=1S/C16H33N3/c1-15(2,3)14-6-9-18(12-14)13-16(4,5)19-10-7-17-8-11-19/h14,17H,6-13H2,1-5H3. The average molecular weight is 267 g/mol. The van der Waals surface area contributed by atoms with Crippen molar-refractivity contribution in [2.75, 3.05) is 45.8 Å². The van der Waals surface area contributed by atoms with Crippen LogP contribution in [0, 0.1) is 11.3 Å². The molecule has 1 unspecified atom stereocenters. The lowest BCUT2D eigenvalue weighted by Gasteiger charge is -2.43. The molecular weight excluding hydrogens is 234 g/mol. The monoisotopic (exact) mass is 267 g/mol. The van der Waals surface area contributed by atoms with E-state index in [2.05, 4.69) is 49.7 Å². The Kier molecular flexibility index (Phi) is 4.59. The maximum absolute atomic E-state index is 3.45. The van der Waals surface area contributed by atoms with E-state index in [1.165, 1.54) is 39.1 Å². The van der Waals surface area contributed by atoms with Gasteiger partial charge in [-0.05, 0) is 38.1 Å². The maximum Gasteiger partial charge on any atom is 0.0281 e. The second kappa shape index (κ2) is 5.71. The van der Waals surface area contributed by atoms with E-state index in [0.717, 1.165) is 19.0 Å². The van der Waals surface area contributed by atoms with E-state index in [0.29, 0.717) is 11.0 Å². The highest BCUT2D eigenvalue weighted by molar-refractivity contribution is 4.91. The summed E-state index contributed by atoms with van der Waals surface area (Å²) in [5, 5.41) is 3.45. The lowest BCUT2D eigenvalue weighted by molar-refractivity contribution is 0.0674. The zero-order chi connectivity index (χ0) is 14.1. The van der Waals surface area contributed by atoms with Gasteiger partial charge >= 0.3 is 0 Å². The average Bonchev–Trinajstić information content (AvgIpc) is 2.78. The Balaban J connectivity index is 1.87. The van der Waals surface area contributed by atoms with Gasteiger partial charge in [0, 0.05) is 44.8 Å². The van der Waals surface area contributed by atoms with Crippen LogP contribution in [0.4, 0.5) is 0 Å². The SMILES string of the molecule is CC(C)(C)C1CCN(CC(C)(C)N2CCNCC2)C1. The van der Waals surface area contributed by atoms with Gasteiger partial charge in [0.25, 0.3) is 0 Å². The molecule has 2 aliphatic rings. The second-order valence-electron chi connectivity index (χ2n) is 8.14. The van der Waals surface area contributed by atoms with Crippen molar-refractivity contribution >= 4 is 0 Å². The number of likely N-dealkylation sites (tertiary alicyclic amines) is 1. The van der Waals surface area contributed by atoms with Crippen molar-refractivity contribution in [3.8, 4) is 0 Å². The molecule has 2 aliphatic heterocycles. The van der Waals surface area contributed by atoms with Crippen LogP contribution in [0.5, 0.6) is 0 Å². The Morgan fingerprint density at radius 3 is 2.16 bits per heavy atom. The third-order valence-electron chi connectivity index (χ3n) is 5.08. The summed E-state index contributed by atoms with van der Waals surface area (Å²) in [5.74, 6) is 0.867. The lowest BCUT2D eigenvalue weighted by atomic mass is 9.80. The smallest absolute Gasteiger partial charge is 0.0281 e. The predicted octanol–water partition coefficient (Wildman–Crippen LogP) is 2.04. The fourth-order valence-electron chi connectivity index (χ4n) is 3.60. The van der Waals surface area contributed by atoms with Gasteiger partial charge in [-0.1, -0.05) is 20.8 Å². The Hall–Kier alpha value is -0.120. The number of piperazine rings is 1. The molecule has 0 aromatic heterocycles. The Morgan fingerprint density at radius 1 is 1.00 bits per heavy atom. The minimum absolute atomic E-state index is 0.314.